The van der Waals surface area contributed by atoms with Crippen molar-refractivity contribution in [2.45, 2.75) is 19.4 Å². The van der Waals surface area contributed by atoms with Gasteiger partial charge in [0.2, 0.25) is 11.8 Å². The Bertz CT molecular complexity index is 689. The Hall–Kier alpha value is -2.05. The SMILES string of the molecule is COc1ccc(Cl)cc1NC(=O)C[C@@H](NC(C)=O)c1cccs1. The van der Waals surface area contributed by atoms with E-state index in [0.717, 1.165) is 4.88 Å². The topological polar surface area (TPSA) is 67.4 Å². The second-order valence-electron chi connectivity index (χ2n) is 4.87. The Morgan fingerprint density at radius 2 is 2.13 bits per heavy atom. The fourth-order valence-corrected chi connectivity index (χ4v) is 3.07. The van der Waals surface area contributed by atoms with Gasteiger partial charge in [-0.2, -0.15) is 0 Å². The van der Waals surface area contributed by atoms with E-state index in [9.17, 15) is 9.59 Å². The van der Waals surface area contributed by atoms with Crippen LogP contribution in [0.25, 0.3) is 0 Å². The summed E-state index contributed by atoms with van der Waals surface area (Å²) in [5.74, 6) is 0.101. The Morgan fingerprint density at radius 3 is 2.74 bits per heavy atom. The predicted molar refractivity (Wildman–Crippen MR) is 92.1 cm³/mol. The molecule has 0 spiro atoms. The fourth-order valence-electron chi connectivity index (χ4n) is 2.12. The van der Waals surface area contributed by atoms with Gasteiger partial charge in [0.15, 0.2) is 0 Å². The molecule has 2 amide bonds. The average Bonchev–Trinajstić information content (AvgIpc) is 3.00. The van der Waals surface area contributed by atoms with E-state index in [4.69, 9.17) is 16.3 Å². The van der Waals surface area contributed by atoms with Gasteiger partial charge in [0, 0.05) is 16.8 Å². The molecule has 1 aromatic carbocycles. The van der Waals surface area contributed by atoms with Gasteiger partial charge in [-0.3, -0.25) is 9.59 Å². The van der Waals surface area contributed by atoms with Crippen LogP contribution in [0.1, 0.15) is 24.3 Å². The number of thiophene rings is 1. The van der Waals surface area contributed by atoms with Crippen molar-refractivity contribution in [3.8, 4) is 5.75 Å². The van der Waals surface area contributed by atoms with E-state index in [1.165, 1.54) is 25.4 Å². The van der Waals surface area contributed by atoms with Gasteiger partial charge in [-0.1, -0.05) is 17.7 Å². The van der Waals surface area contributed by atoms with Gasteiger partial charge in [-0.05, 0) is 29.6 Å². The minimum absolute atomic E-state index is 0.121. The number of methoxy groups -OCH3 is 1. The molecule has 0 aliphatic heterocycles. The number of hydrogen-bond donors (Lipinski definition) is 2. The van der Waals surface area contributed by atoms with E-state index < -0.39 is 0 Å². The van der Waals surface area contributed by atoms with E-state index in [1.807, 2.05) is 17.5 Å². The molecular formula is C16H17ClN2O3S. The third-order valence-electron chi connectivity index (χ3n) is 3.09. The molecule has 1 heterocycles. The van der Waals surface area contributed by atoms with Crippen LogP contribution in [0.4, 0.5) is 5.69 Å². The maximum absolute atomic E-state index is 12.3. The molecule has 7 heteroatoms. The summed E-state index contributed by atoms with van der Waals surface area (Å²) < 4.78 is 5.20. The highest BCUT2D eigenvalue weighted by Crippen LogP contribution is 2.29. The third kappa shape index (κ3) is 4.97. The van der Waals surface area contributed by atoms with Crippen LogP contribution in [0.2, 0.25) is 5.02 Å². The van der Waals surface area contributed by atoms with Crippen LogP contribution >= 0.6 is 22.9 Å². The Balaban J connectivity index is 2.10. The highest BCUT2D eigenvalue weighted by molar-refractivity contribution is 7.10. The second kappa shape index (κ2) is 7.99. The summed E-state index contributed by atoms with van der Waals surface area (Å²) in [5.41, 5.74) is 0.498. The molecule has 0 fully saturated rings. The molecule has 1 aromatic heterocycles. The standard InChI is InChI=1S/C16H17ClN2O3S/c1-10(20)18-13(15-4-3-7-23-15)9-16(21)19-12-8-11(17)5-6-14(12)22-2/h3-8,13H,9H2,1-2H3,(H,18,20)(H,19,21)/t13-/m1/s1. The van der Waals surface area contributed by atoms with Crippen molar-refractivity contribution in [3.05, 3.63) is 45.6 Å². The van der Waals surface area contributed by atoms with E-state index >= 15 is 0 Å². The molecule has 5 nitrogen and oxygen atoms in total. The van der Waals surface area contributed by atoms with E-state index in [-0.39, 0.29) is 24.3 Å². The summed E-state index contributed by atoms with van der Waals surface area (Å²) in [4.78, 5) is 24.6. The fraction of sp³-hybridized carbons (Fsp3) is 0.250. The number of rotatable bonds is 6. The first-order chi connectivity index (χ1) is 11.0. The summed E-state index contributed by atoms with van der Waals surface area (Å²) in [7, 11) is 1.52. The molecule has 0 saturated heterocycles. The zero-order valence-electron chi connectivity index (χ0n) is 12.8. The molecular weight excluding hydrogens is 336 g/mol. The Labute approximate surface area is 143 Å². The smallest absolute Gasteiger partial charge is 0.226 e. The van der Waals surface area contributed by atoms with E-state index in [0.29, 0.717) is 16.5 Å². The van der Waals surface area contributed by atoms with Crippen molar-refractivity contribution in [1.29, 1.82) is 0 Å². The van der Waals surface area contributed by atoms with Crippen LogP contribution in [0.15, 0.2) is 35.7 Å². The van der Waals surface area contributed by atoms with Gasteiger partial charge < -0.3 is 15.4 Å². The van der Waals surface area contributed by atoms with Gasteiger partial charge in [-0.25, -0.2) is 0 Å². The number of carbonyl (C=O) groups is 2. The van der Waals surface area contributed by atoms with Crippen molar-refractivity contribution < 1.29 is 14.3 Å². The lowest BCUT2D eigenvalue weighted by molar-refractivity contribution is -0.120. The van der Waals surface area contributed by atoms with Crippen LogP contribution in [-0.2, 0) is 9.59 Å². The third-order valence-corrected chi connectivity index (χ3v) is 4.31. The van der Waals surface area contributed by atoms with Crippen LogP contribution in [0.3, 0.4) is 0 Å². The molecule has 2 rings (SSSR count). The predicted octanol–water partition coefficient (Wildman–Crippen LogP) is 3.62. The average molecular weight is 353 g/mol. The number of carbonyl (C=O) groups excluding carboxylic acids is 2. The number of nitrogens with one attached hydrogen (secondary N) is 2. The normalized spacial score (nSPS) is 11.6. The summed E-state index contributed by atoms with van der Waals surface area (Å²) in [5, 5.41) is 7.97. The number of ether oxygens (including phenoxy) is 1. The lowest BCUT2D eigenvalue weighted by Gasteiger charge is -2.17. The van der Waals surface area contributed by atoms with Crippen LogP contribution in [0, 0.1) is 0 Å². The zero-order valence-corrected chi connectivity index (χ0v) is 14.3. The molecule has 0 unspecified atom stereocenters. The minimum Gasteiger partial charge on any atom is -0.495 e. The molecule has 2 aromatic rings. The van der Waals surface area contributed by atoms with Crippen molar-refractivity contribution in [1.82, 2.24) is 5.32 Å². The number of benzene rings is 1. The first-order valence-electron chi connectivity index (χ1n) is 6.93. The highest BCUT2D eigenvalue weighted by atomic mass is 35.5. The van der Waals surface area contributed by atoms with Crippen molar-refractivity contribution in [2.24, 2.45) is 0 Å². The van der Waals surface area contributed by atoms with Gasteiger partial charge in [0.25, 0.3) is 0 Å². The monoisotopic (exact) mass is 352 g/mol. The summed E-state index contributed by atoms with van der Waals surface area (Å²) >= 11 is 7.44. The van der Waals surface area contributed by atoms with Crippen molar-refractivity contribution in [3.63, 3.8) is 0 Å². The summed E-state index contributed by atoms with van der Waals surface area (Å²) in [6.07, 6.45) is 0.121. The molecule has 0 radical (unpaired) electrons. The van der Waals surface area contributed by atoms with Crippen molar-refractivity contribution in [2.75, 3.05) is 12.4 Å². The summed E-state index contributed by atoms with van der Waals surface area (Å²) in [6, 6.07) is 8.39. The molecule has 0 aliphatic carbocycles. The largest absolute Gasteiger partial charge is 0.495 e. The van der Waals surface area contributed by atoms with Crippen molar-refractivity contribution >= 4 is 40.4 Å². The number of anilines is 1. The first kappa shape index (κ1) is 17.3. The molecule has 0 saturated carbocycles. The molecule has 0 bridgehead atoms. The van der Waals surface area contributed by atoms with Crippen LogP contribution in [-0.4, -0.2) is 18.9 Å². The van der Waals surface area contributed by atoms with Gasteiger partial charge in [-0.15, -0.1) is 11.3 Å². The number of halogens is 1. The maximum Gasteiger partial charge on any atom is 0.226 e. The quantitative estimate of drug-likeness (QED) is 0.834. The Kier molecular flexibility index (Phi) is 6.01. The second-order valence-corrected chi connectivity index (χ2v) is 6.28. The number of hydrogen-bond acceptors (Lipinski definition) is 4. The Morgan fingerprint density at radius 1 is 1.35 bits per heavy atom. The molecule has 23 heavy (non-hydrogen) atoms. The van der Waals surface area contributed by atoms with Gasteiger partial charge >= 0.3 is 0 Å². The minimum atomic E-state index is -0.363. The van der Waals surface area contributed by atoms with E-state index in [2.05, 4.69) is 10.6 Å². The van der Waals surface area contributed by atoms with E-state index in [1.54, 1.807) is 18.2 Å². The van der Waals surface area contributed by atoms with Gasteiger partial charge in [0.1, 0.15) is 5.75 Å². The first-order valence-corrected chi connectivity index (χ1v) is 8.19. The summed E-state index contributed by atoms with van der Waals surface area (Å²) in [6.45, 7) is 1.43. The lowest BCUT2D eigenvalue weighted by Crippen LogP contribution is -2.29. The molecule has 0 aliphatic rings. The van der Waals surface area contributed by atoms with Crippen LogP contribution in [0.5, 0.6) is 5.75 Å². The van der Waals surface area contributed by atoms with Crippen LogP contribution < -0.4 is 15.4 Å². The lowest BCUT2D eigenvalue weighted by atomic mass is 10.1. The molecule has 122 valence electrons. The highest BCUT2D eigenvalue weighted by Gasteiger charge is 2.19. The maximum atomic E-state index is 12.3. The van der Waals surface area contributed by atoms with Gasteiger partial charge in [0.05, 0.1) is 25.3 Å². The molecule has 1 atom stereocenters. The zero-order chi connectivity index (χ0) is 16.8. The number of amides is 2. The molecule has 2 N–H and O–H groups in total.